The van der Waals surface area contributed by atoms with Gasteiger partial charge in [0.2, 0.25) is 5.91 Å². The Bertz CT molecular complexity index is 916. The van der Waals surface area contributed by atoms with Gasteiger partial charge < -0.3 is 5.32 Å². The summed E-state index contributed by atoms with van der Waals surface area (Å²) in [5, 5.41) is 5.67. The topological polar surface area (TPSA) is 64.0 Å². The van der Waals surface area contributed by atoms with E-state index in [0.717, 1.165) is 4.88 Å². The second-order valence-corrected chi connectivity index (χ2v) is 7.29. The molecule has 0 spiro atoms. The van der Waals surface area contributed by atoms with Crippen molar-refractivity contribution in [1.82, 2.24) is 14.9 Å². The number of thiophene rings is 1. The second-order valence-electron chi connectivity index (χ2n) is 6.31. The van der Waals surface area contributed by atoms with Crippen molar-refractivity contribution in [2.45, 2.75) is 32.9 Å². The summed E-state index contributed by atoms with van der Waals surface area (Å²) >= 11 is 1.64. The monoisotopic (exact) mass is 355 g/mol. The van der Waals surface area contributed by atoms with Crippen LogP contribution in [-0.2, 0) is 11.3 Å². The first-order valence-corrected chi connectivity index (χ1v) is 9.21. The zero-order chi connectivity index (χ0) is 17.8. The Kier molecular flexibility index (Phi) is 5.28. The van der Waals surface area contributed by atoms with Crippen LogP contribution in [0.1, 0.15) is 31.2 Å². The highest BCUT2D eigenvalue weighted by Crippen LogP contribution is 2.25. The smallest absolute Gasteiger partial charge is 0.261 e. The van der Waals surface area contributed by atoms with Crippen molar-refractivity contribution in [2.75, 3.05) is 0 Å². The lowest BCUT2D eigenvalue weighted by Gasteiger charge is -2.21. The molecule has 0 fully saturated rings. The van der Waals surface area contributed by atoms with Crippen LogP contribution >= 0.6 is 11.3 Å². The minimum atomic E-state index is -0.114. The average Bonchev–Trinajstić information content (AvgIpc) is 3.13. The van der Waals surface area contributed by atoms with Crippen molar-refractivity contribution in [3.05, 3.63) is 63.3 Å². The number of fused-ring (bicyclic) bond motifs is 1. The Hall–Kier alpha value is -2.47. The van der Waals surface area contributed by atoms with Gasteiger partial charge in [0.15, 0.2) is 0 Å². The van der Waals surface area contributed by atoms with Gasteiger partial charge >= 0.3 is 0 Å². The number of carbonyl (C=O) groups is 1. The molecule has 25 heavy (non-hydrogen) atoms. The first-order valence-electron chi connectivity index (χ1n) is 8.33. The molecule has 0 aliphatic rings. The summed E-state index contributed by atoms with van der Waals surface area (Å²) in [4.78, 5) is 30.2. The quantitative estimate of drug-likeness (QED) is 0.737. The van der Waals surface area contributed by atoms with E-state index in [-0.39, 0.29) is 23.9 Å². The summed E-state index contributed by atoms with van der Waals surface area (Å²) in [6.45, 7) is 4.49. The summed E-state index contributed by atoms with van der Waals surface area (Å²) < 4.78 is 1.50. The normalized spacial score (nSPS) is 12.4. The standard InChI is InChI=1S/C19H21N3O2S/c1-13(2)18(16-8-5-11-25-16)21-17(23)9-10-22-12-20-15-7-4-3-6-14(15)19(22)24/h3-8,11-13,18H,9-10H2,1-2H3,(H,21,23)/t18-/m1/s1. The van der Waals surface area contributed by atoms with E-state index in [0.29, 0.717) is 23.4 Å². The van der Waals surface area contributed by atoms with Crippen LogP contribution in [0.5, 0.6) is 0 Å². The Morgan fingerprint density at radius 2 is 2.04 bits per heavy atom. The highest BCUT2D eigenvalue weighted by molar-refractivity contribution is 7.10. The highest BCUT2D eigenvalue weighted by Gasteiger charge is 2.19. The van der Waals surface area contributed by atoms with Crippen LogP contribution in [0.15, 0.2) is 52.9 Å². The summed E-state index contributed by atoms with van der Waals surface area (Å²) in [5.74, 6) is 0.236. The van der Waals surface area contributed by atoms with E-state index in [9.17, 15) is 9.59 Å². The van der Waals surface area contributed by atoms with Crippen molar-refractivity contribution in [3.8, 4) is 0 Å². The van der Waals surface area contributed by atoms with E-state index >= 15 is 0 Å². The molecule has 1 N–H and O–H groups in total. The van der Waals surface area contributed by atoms with E-state index in [1.54, 1.807) is 17.4 Å². The van der Waals surface area contributed by atoms with Crippen LogP contribution in [0.25, 0.3) is 10.9 Å². The molecule has 2 aromatic heterocycles. The third-order valence-corrected chi connectivity index (χ3v) is 5.10. The molecule has 1 aromatic carbocycles. The number of aryl methyl sites for hydroxylation is 1. The zero-order valence-electron chi connectivity index (χ0n) is 14.3. The number of aromatic nitrogens is 2. The summed E-state index contributed by atoms with van der Waals surface area (Å²) in [5.41, 5.74) is 0.558. The lowest BCUT2D eigenvalue weighted by molar-refractivity contribution is -0.122. The van der Waals surface area contributed by atoms with E-state index in [1.807, 2.05) is 35.7 Å². The van der Waals surface area contributed by atoms with Crippen LogP contribution in [0, 0.1) is 5.92 Å². The van der Waals surface area contributed by atoms with Crippen LogP contribution in [0.3, 0.4) is 0 Å². The maximum absolute atomic E-state index is 12.5. The minimum Gasteiger partial charge on any atom is -0.348 e. The number of benzene rings is 1. The summed E-state index contributed by atoms with van der Waals surface area (Å²) in [6, 6.07) is 11.3. The van der Waals surface area contributed by atoms with E-state index in [1.165, 1.54) is 10.9 Å². The van der Waals surface area contributed by atoms with Gasteiger partial charge in [-0.25, -0.2) is 4.98 Å². The molecule has 2 heterocycles. The average molecular weight is 355 g/mol. The van der Waals surface area contributed by atoms with Crippen LogP contribution < -0.4 is 10.9 Å². The number of para-hydroxylation sites is 1. The summed E-state index contributed by atoms with van der Waals surface area (Å²) in [6.07, 6.45) is 1.76. The van der Waals surface area contributed by atoms with Gasteiger partial charge in [0.05, 0.1) is 23.3 Å². The number of carbonyl (C=O) groups excluding carboxylic acids is 1. The lowest BCUT2D eigenvalue weighted by Crippen LogP contribution is -2.32. The number of rotatable bonds is 6. The molecule has 1 atom stereocenters. The van der Waals surface area contributed by atoms with Gasteiger partial charge in [0.1, 0.15) is 0 Å². The third kappa shape index (κ3) is 3.96. The van der Waals surface area contributed by atoms with Crippen LogP contribution in [0.2, 0.25) is 0 Å². The first-order chi connectivity index (χ1) is 12.1. The number of amides is 1. The van der Waals surface area contributed by atoms with Crippen molar-refractivity contribution >= 4 is 28.1 Å². The predicted molar refractivity (Wildman–Crippen MR) is 101 cm³/mol. The molecule has 5 nitrogen and oxygen atoms in total. The molecule has 6 heteroatoms. The van der Waals surface area contributed by atoms with Gasteiger partial charge in [-0.15, -0.1) is 11.3 Å². The molecule has 3 aromatic rings. The Morgan fingerprint density at radius 1 is 1.24 bits per heavy atom. The molecular weight excluding hydrogens is 334 g/mol. The van der Waals surface area contributed by atoms with Crippen LogP contribution in [-0.4, -0.2) is 15.5 Å². The highest BCUT2D eigenvalue weighted by atomic mass is 32.1. The first kappa shape index (κ1) is 17.4. The Labute approximate surface area is 150 Å². The third-order valence-electron chi connectivity index (χ3n) is 4.14. The largest absolute Gasteiger partial charge is 0.348 e. The molecule has 3 rings (SSSR count). The maximum Gasteiger partial charge on any atom is 0.261 e. The zero-order valence-corrected chi connectivity index (χ0v) is 15.1. The molecule has 1 amide bonds. The molecular formula is C19H21N3O2S. The van der Waals surface area contributed by atoms with Crippen molar-refractivity contribution in [1.29, 1.82) is 0 Å². The number of hydrogen-bond donors (Lipinski definition) is 1. The molecule has 130 valence electrons. The number of nitrogens with one attached hydrogen (secondary N) is 1. The minimum absolute atomic E-state index is 0.000972. The molecule has 0 saturated carbocycles. The molecule has 0 radical (unpaired) electrons. The fourth-order valence-corrected chi connectivity index (χ4v) is 3.72. The SMILES string of the molecule is CC(C)[C@@H](NC(=O)CCn1cnc2ccccc2c1=O)c1cccs1. The van der Waals surface area contributed by atoms with Gasteiger partial charge in [0.25, 0.3) is 5.56 Å². The lowest BCUT2D eigenvalue weighted by atomic mass is 10.0. The molecule has 0 aliphatic carbocycles. The van der Waals surface area contributed by atoms with Crippen LogP contribution in [0.4, 0.5) is 0 Å². The molecule has 0 unspecified atom stereocenters. The molecule has 0 aliphatic heterocycles. The Balaban J connectivity index is 1.68. The van der Waals surface area contributed by atoms with E-state index in [4.69, 9.17) is 0 Å². The number of nitrogens with zero attached hydrogens (tertiary/aromatic N) is 2. The van der Waals surface area contributed by atoms with Gasteiger partial charge in [0, 0.05) is 17.8 Å². The summed E-state index contributed by atoms with van der Waals surface area (Å²) in [7, 11) is 0. The van der Waals surface area contributed by atoms with Crippen molar-refractivity contribution in [3.63, 3.8) is 0 Å². The van der Waals surface area contributed by atoms with E-state index in [2.05, 4.69) is 24.1 Å². The Morgan fingerprint density at radius 3 is 2.76 bits per heavy atom. The fourth-order valence-electron chi connectivity index (χ4n) is 2.77. The molecule has 0 bridgehead atoms. The van der Waals surface area contributed by atoms with E-state index < -0.39 is 0 Å². The molecule has 0 saturated heterocycles. The van der Waals surface area contributed by atoms with Gasteiger partial charge in [-0.2, -0.15) is 0 Å². The van der Waals surface area contributed by atoms with Crippen molar-refractivity contribution < 1.29 is 4.79 Å². The second kappa shape index (κ2) is 7.61. The van der Waals surface area contributed by atoms with Gasteiger partial charge in [-0.1, -0.05) is 32.0 Å². The number of hydrogen-bond acceptors (Lipinski definition) is 4. The van der Waals surface area contributed by atoms with Crippen molar-refractivity contribution in [2.24, 2.45) is 5.92 Å². The van der Waals surface area contributed by atoms with Gasteiger partial charge in [-0.05, 0) is 29.5 Å². The fraction of sp³-hybridized carbons (Fsp3) is 0.316. The predicted octanol–water partition coefficient (Wildman–Crippen LogP) is 3.36. The maximum atomic E-state index is 12.5. The van der Waals surface area contributed by atoms with Gasteiger partial charge in [-0.3, -0.25) is 14.2 Å².